The van der Waals surface area contributed by atoms with Crippen molar-refractivity contribution in [1.29, 1.82) is 0 Å². The van der Waals surface area contributed by atoms with Gasteiger partial charge in [0.15, 0.2) is 0 Å². The lowest BCUT2D eigenvalue weighted by Gasteiger charge is -2.21. The van der Waals surface area contributed by atoms with Crippen molar-refractivity contribution < 1.29 is 4.43 Å². The molecule has 2 N–H and O–H groups in total. The summed E-state index contributed by atoms with van der Waals surface area (Å²) in [6.45, 7) is 9.12. The van der Waals surface area contributed by atoms with Gasteiger partial charge < -0.3 is 10.2 Å². The molecule has 1 rings (SSSR count). The van der Waals surface area contributed by atoms with E-state index in [9.17, 15) is 0 Å². The molecular weight excluding hydrogens is 270 g/mol. The van der Waals surface area contributed by atoms with E-state index >= 15 is 0 Å². The van der Waals surface area contributed by atoms with Gasteiger partial charge in [-0.1, -0.05) is 15.9 Å². The van der Waals surface area contributed by atoms with Crippen molar-refractivity contribution in [2.75, 3.05) is 0 Å². The maximum absolute atomic E-state index is 5.99. The molecule has 0 saturated heterocycles. The number of hydrogen-bond acceptors (Lipinski definition) is 2. The molecule has 0 spiro atoms. The van der Waals surface area contributed by atoms with E-state index in [4.69, 9.17) is 10.2 Å². The normalized spacial score (nSPS) is 11.6. The van der Waals surface area contributed by atoms with Gasteiger partial charge in [0, 0.05) is 11.0 Å². The van der Waals surface area contributed by atoms with E-state index in [0.29, 0.717) is 6.54 Å². The van der Waals surface area contributed by atoms with Crippen molar-refractivity contribution >= 4 is 24.2 Å². The second-order valence-corrected chi connectivity index (χ2v) is 9.91. The fraction of sp³-hybridized carbons (Fsp3) is 0.455. The Labute approximate surface area is 101 Å². The van der Waals surface area contributed by atoms with Crippen LogP contribution in [0, 0.1) is 6.92 Å². The summed E-state index contributed by atoms with van der Waals surface area (Å²) in [4.78, 5) is 0. The average molecular weight is 288 g/mol. The summed E-state index contributed by atoms with van der Waals surface area (Å²) in [6, 6.07) is 4.11. The molecule has 0 aliphatic rings. The minimum Gasteiger partial charge on any atom is -0.544 e. The summed E-state index contributed by atoms with van der Waals surface area (Å²) >= 11 is 3.50. The summed E-state index contributed by atoms with van der Waals surface area (Å²) < 4.78 is 7.05. The van der Waals surface area contributed by atoms with Crippen LogP contribution in [-0.2, 0) is 6.54 Å². The van der Waals surface area contributed by atoms with E-state index in [1.54, 1.807) is 0 Å². The van der Waals surface area contributed by atoms with Crippen LogP contribution in [0.4, 0.5) is 0 Å². The highest BCUT2D eigenvalue weighted by Gasteiger charge is 2.18. The predicted octanol–water partition coefficient (Wildman–Crippen LogP) is 3.43. The summed E-state index contributed by atoms with van der Waals surface area (Å²) in [7, 11) is -1.54. The van der Waals surface area contributed by atoms with Crippen molar-refractivity contribution in [3.8, 4) is 5.75 Å². The molecule has 0 atom stereocenters. The van der Waals surface area contributed by atoms with Gasteiger partial charge in [-0.05, 0) is 49.8 Å². The molecule has 0 aliphatic carbocycles. The molecule has 0 radical (unpaired) electrons. The first kappa shape index (κ1) is 12.7. The Morgan fingerprint density at radius 3 is 2.40 bits per heavy atom. The first-order chi connectivity index (χ1) is 6.83. The lowest BCUT2D eigenvalue weighted by atomic mass is 10.1. The number of benzene rings is 1. The van der Waals surface area contributed by atoms with Gasteiger partial charge in [-0.2, -0.15) is 0 Å². The van der Waals surface area contributed by atoms with E-state index in [1.165, 1.54) is 0 Å². The Bertz CT molecular complexity index is 360. The fourth-order valence-electron chi connectivity index (χ4n) is 1.29. The van der Waals surface area contributed by atoms with Gasteiger partial charge in [-0.3, -0.25) is 0 Å². The first-order valence-corrected chi connectivity index (χ1v) is 9.21. The molecule has 2 nitrogen and oxygen atoms in total. The largest absolute Gasteiger partial charge is 0.544 e. The zero-order valence-corrected chi connectivity index (χ0v) is 12.3. The summed E-state index contributed by atoms with van der Waals surface area (Å²) in [5.74, 6) is 0.970. The highest BCUT2D eigenvalue weighted by Crippen LogP contribution is 2.28. The molecule has 1 aromatic rings. The third kappa shape index (κ3) is 3.63. The molecule has 4 heteroatoms. The van der Waals surface area contributed by atoms with Gasteiger partial charge in [0.25, 0.3) is 0 Å². The van der Waals surface area contributed by atoms with E-state index in [2.05, 4.69) is 48.6 Å². The zero-order chi connectivity index (χ0) is 11.6. The molecule has 15 heavy (non-hydrogen) atoms. The van der Waals surface area contributed by atoms with Gasteiger partial charge in [-0.15, -0.1) is 0 Å². The summed E-state index contributed by atoms with van der Waals surface area (Å²) in [6.07, 6.45) is 0. The van der Waals surface area contributed by atoms with Gasteiger partial charge in [0.2, 0.25) is 8.32 Å². The Kier molecular flexibility index (Phi) is 3.97. The second-order valence-electron chi connectivity index (χ2n) is 4.63. The molecule has 0 saturated carbocycles. The molecule has 84 valence electrons. The van der Waals surface area contributed by atoms with Gasteiger partial charge in [0.05, 0.1) is 0 Å². The van der Waals surface area contributed by atoms with Crippen LogP contribution >= 0.6 is 15.9 Å². The van der Waals surface area contributed by atoms with Gasteiger partial charge in [0.1, 0.15) is 5.75 Å². The SMILES string of the molecule is Cc1cc(Br)c(CN)cc1O[Si](C)(C)C. The minimum atomic E-state index is -1.54. The van der Waals surface area contributed by atoms with Crippen molar-refractivity contribution in [3.05, 3.63) is 27.7 Å². The van der Waals surface area contributed by atoms with Crippen molar-refractivity contribution in [2.24, 2.45) is 5.73 Å². The molecule has 0 aromatic heterocycles. The minimum absolute atomic E-state index is 0.531. The Balaban J connectivity index is 3.08. The number of hydrogen-bond donors (Lipinski definition) is 1. The van der Waals surface area contributed by atoms with E-state index in [1.807, 2.05) is 6.07 Å². The van der Waals surface area contributed by atoms with Crippen LogP contribution in [0.3, 0.4) is 0 Å². The molecule has 0 unspecified atom stereocenters. The van der Waals surface area contributed by atoms with Crippen molar-refractivity contribution in [2.45, 2.75) is 33.1 Å². The molecular formula is C11H18BrNOSi. The molecule has 0 heterocycles. The number of halogens is 1. The van der Waals surface area contributed by atoms with Crippen LogP contribution in [-0.4, -0.2) is 8.32 Å². The van der Waals surface area contributed by atoms with Crippen LogP contribution in [0.1, 0.15) is 11.1 Å². The summed E-state index contributed by atoms with van der Waals surface area (Å²) in [5, 5.41) is 0. The standard InChI is InChI=1S/C11H18BrNOSi/c1-8-5-10(12)9(7-13)6-11(8)14-15(2,3)4/h5-6H,7,13H2,1-4H3. The van der Waals surface area contributed by atoms with Crippen LogP contribution in [0.25, 0.3) is 0 Å². The molecule has 0 aliphatic heterocycles. The van der Waals surface area contributed by atoms with Gasteiger partial charge >= 0.3 is 0 Å². The van der Waals surface area contributed by atoms with Gasteiger partial charge in [-0.25, -0.2) is 0 Å². The molecule has 1 aromatic carbocycles. The maximum Gasteiger partial charge on any atom is 0.242 e. The smallest absolute Gasteiger partial charge is 0.242 e. The predicted molar refractivity (Wildman–Crippen MR) is 70.7 cm³/mol. The molecule has 0 bridgehead atoms. The fourth-order valence-corrected chi connectivity index (χ4v) is 2.79. The van der Waals surface area contributed by atoms with E-state index < -0.39 is 8.32 Å². The first-order valence-electron chi connectivity index (χ1n) is 5.01. The Hall–Kier alpha value is -0.323. The lowest BCUT2D eigenvalue weighted by Crippen LogP contribution is -2.29. The number of rotatable bonds is 3. The highest BCUT2D eigenvalue weighted by atomic mass is 79.9. The number of aryl methyl sites for hydroxylation is 1. The van der Waals surface area contributed by atoms with Crippen molar-refractivity contribution in [3.63, 3.8) is 0 Å². The quantitative estimate of drug-likeness (QED) is 0.865. The van der Waals surface area contributed by atoms with Crippen LogP contribution < -0.4 is 10.2 Å². The topological polar surface area (TPSA) is 35.2 Å². The average Bonchev–Trinajstić information content (AvgIpc) is 2.07. The third-order valence-electron chi connectivity index (χ3n) is 1.98. The monoisotopic (exact) mass is 287 g/mol. The number of nitrogens with two attached hydrogens (primary N) is 1. The van der Waals surface area contributed by atoms with Crippen molar-refractivity contribution in [1.82, 2.24) is 0 Å². The second kappa shape index (κ2) is 4.68. The van der Waals surface area contributed by atoms with E-state index in [-0.39, 0.29) is 0 Å². The third-order valence-corrected chi connectivity index (χ3v) is 3.55. The zero-order valence-electron chi connectivity index (χ0n) is 9.73. The summed E-state index contributed by atoms with van der Waals surface area (Å²) in [5.41, 5.74) is 7.90. The van der Waals surface area contributed by atoms with Crippen LogP contribution in [0.5, 0.6) is 5.75 Å². The van der Waals surface area contributed by atoms with Crippen LogP contribution in [0.2, 0.25) is 19.6 Å². The molecule has 0 amide bonds. The Morgan fingerprint density at radius 2 is 1.93 bits per heavy atom. The Morgan fingerprint density at radius 1 is 1.33 bits per heavy atom. The maximum atomic E-state index is 5.99. The molecule has 0 fully saturated rings. The highest BCUT2D eigenvalue weighted by molar-refractivity contribution is 9.10. The van der Waals surface area contributed by atoms with E-state index in [0.717, 1.165) is 21.3 Å². The van der Waals surface area contributed by atoms with Crippen LogP contribution in [0.15, 0.2) is 16.6 Å². The lowest BCUT2D eigenvalue weighted by molar-refractivity contribution is 0.551.